The van der Waals surface area contributed by atoms with Gasteiger partial charge in [-0.25, -0.2) is 14.4 Å². The number of morpholine rings is 1. The van der Waals surface area contributed by atoms with Gasteiger partial charge in [0.2, 0.25) is 0 Å². The van der Waals surface area contributed by atoms with E-state index in [-0.39, 0.29) is 16.8 Å². The quantitative estimate of drug-likeness (QED) is 0.715. The first-order valence-electron chi connectivity index (χ1n) is 8.20. The number of urea groups is 1. The van der Waals surface area contributed by atoms with E-state index in [1.165, 1.54) is 32.4 Å². The largest absolute Gasteiger partial charge is 0.465 e. The minimum atomic E-state index is -0.619. The number of nitrogens with one attached hydrogen (secondary N) is 2. The number of hydrogen-bond acceptors (Lipinski definition) is 7. The van der Waals surface area contributed by atoms with E-state index < -0.39 is 18.0 Å². The second-order valence-electron chi connectivity index (χ2n) is 5.62. The van der Waals surface area contributed by atoms with Crippen molar-refractivity contribution in [1.82, 2.24) is 10.2 Å². The molecular formula is C17H23N3O6. The molecule has 0 spiro atoms. The standard InChI is InChI=1S/C17H23N3O6/c1-24-15(21)12-9-13(16(22)25-2)11-14(10-12)19-17(23)18-3-4-20-5-7-26-8-6-20/h9-11H,3-8H2,1-2H3,(H2,18,19,23). The molecule has 0 saturated carbocycles. The van der Waals surface area contributed by atoms with Gasteiger partial charge in [-0.2, -0.15) is 0 Å². The molecule has 9 nitrogen and oxygen atoms in total. The van der Waals surface area contributed by atoms with E-state index in [4.69, 9.17) is 4.74 Å². The highest BCUT2D eigenvalue weighted by Crippen LogP contribution is 2.17. The van der Waals surface area contributed by atoms with Crippen LogP contribution in [0.5, 0.6) is 0 Å². The number of amides is 2. The molecule has 2 rings (SSSR count). The summed E-state index contributed by atoms with van der Waals surface area (Å²) in [5.41, 5.74) is 0.565. The molecule has 1 aromatic rings. The van der Waals surface area contributed by atoms with Crippen LogP contribution in [0.15, 0.2) is 18.2 Å². The molecule has 1 saturated heterocycles. The van der Waals surface area contributed by atoms with Gasteiger partial charge in [0, 0.05) is 31.9 Å². The van der Waals surface area contributed by atoms with Crippen LogP contribution in [0.2, 0.25) is 0 Å². The Morgan fingerprint density at radius 3 is 2.15 bits per heavy atom. The number of benzene rings is 1. The monoisotopic (exact) mass is 365 g/mol. The van der Waals surface area contributed by atoms with Crippen molar-refractivity contribution in [3.8, 4) is 0 Å². The van der Waals surface area contributed by atoms with Crippen LogP contribution in [0.25, 0.3) is 0 Å². The highest BCUT2D eigenvalue weighted by atomic mass is 16.5. The number of hydrogen-bond donors (Lipinski definition) is 2. The van der Waals surface area contributed by atoms with E-state index in [2.05, 4.69) is 25.0 Å². The van der Waals surface area contributed by atoms with Crippen LogP contribution < -0.4 is 10.6 Å². The third kappa shape index (κ3) is 5.71. The average molecular weight is 365 g/mol. The number of carbonyl (C=O) groups excluding carboxylic acids is 3. The predicted octanol–water partition coefficient (Wildman–Crippen LogP) is 0.714. The van der Waals surface area contributed by atoms with Crippen molar-refractivity contribution in [3.63, 3.8) is 0 Å². The molecule has 0 aliphatic carbocycles. The fraction of sp³-hybridized carbons (Fsp3) is 0.471. The summed E-state index contributed by atoms with van der Waals surface area (Å²) in [5, 5.41) is 5.35. The second-order valence-corrected chi connectivity index (χ2v) is 5.62. The van der Waals surface area contributed by atoms with Crippen molar-refractivity contribution < 1.29 is 28.6 Å². The van der Waals surface area contributed by atoms with Crippen LogP contribution in [0.1, 0.15) is 20.7 Å². The van der Waals surface area contributed by atoms with Crippen LogP contribution >= 0.6 is 0 Å². The maximum Gasteiger partial charge on any atom is 0.337 e. The normalized spacial score (nSPS) is 14.4. The van der Waals surface area contributed by atoms with Gasteiger partial charge < -0.3 is 24.8 Å². The summed E-state index contributed by atoms with van der Waals surface area (Å²) >= 11 is 0. The van der Waals surface area contributed by atoms with Crippen molar-refractivity contribution in [3.05, 3.63) is 29.3 Å². The Kier molecular flexibility index (Phi) is 7.37. The molecule has 2 amide bonds. The lowest BCUT2D eigenvalue weighted by Crippen LogP contribution is -2.42. The molecule has 0 aromatic heterocycles. The van der Waals surface area contributed by atoms with Crippen LogP contribution in [0.4, 0.5) is 10.5 Å². The van der Waals surface area contributed by atoms with Crippen molar-refractivity contribution in [1.29, 1.82) is 0 Å². The fourth-order valence-corrected chi connectivity index (χ4v) is 2.50. The molecule has 9 heteroatoms. The van der Waals surface area contributed by atoms with Gasteiger partial charge >= 0.3 is 18.0 Å². The molecule has 2 N–H and O–H groups in total. The van der Waals surface area contributed by atoms with Crippen molar-refractivity contribution in [2.45, 2.75) is 0 Å². The molecule has 0 radical (unpaired) electrons. The van der Waals surface area contributed by atoms with E-state index in [1.807, 2.05) is 0 Å². The van der Waals surface area contributed by atoms with Crippen molar-refractivity contribution in [2.24, 2.45) is 0 Å². The summed E-state index contributed by atoms with van der Waals surface area (Å²) in [6, 6.07) is 3.77. The molecule has 0 bridgehead atoms. The zero-order chi connectivity index (χ0) is 18.9. The highest BCUT2D eigenvalue weighted by molar-refractivity contribution is 5.99. The second kappa shape index (κ2) is 9.73. The zero-order valence-electron chi connectivity index (χ0n) is 14.9. The van der Waals surface area contributed by atoms with Gasteiger partial charge in [0.25, 0.3) is 0 Å². The molecule has 142 valence electrons. The summed E-state index contributed by atoms with van der Waals surface area (Å²) in [7, 11) is 2.47. The number of rotatable bonds is 6. The molecule has 1 aromatic carbocycles. The minimum absolute atomic E-state index is 0.138. The molecule has 0 unspecified atom stereocenters. The summed E-state index contributed by atoms with van der Waals surface area (Å²) in [4.78, 5) is 37.7. The van der Waals surface area contributed by atoms with Gasteiger partial charge in [0.15, 0.2) is 0 Å². The smallest absolute Gasteiger partial charge is 0.337 e. The van der Waals surface area contributed by atoms with Crippen LogP contribution in [-0.2, 0) is 14.2 Å². The van der Waals surface area contributed by atoms with Gasteiger partial charge in [0.1, 0.15) is 0 Å². The molecule has 0 atom stereocenters. The number of carbonyl (C=O) groups is 3. The van der Waals surface area contributed by atoms with E-state index in [0.717, 1.165) is 13.1 Å². The maximum absolute atomic E-state index is 12.1. The first-order valence-corrected chi connectivity index (χ1v) is 8.20. The Morgan fingerprint density at radius 2 is 1.62 bits per heavy atom. The minimum Gasteiger partial charge on any atom is -0.465 e. The lowest BCUT2D eigenvalue weighted by atomic mass is 10.1. The fourth-order valence-electron chi connectivity index (χ4n) is 2.50. The summed E-state index contributed by atoms with van der Waals surface area (Å²) in [6.07, 6.45) is 0. The Labute approximate surface area is 151 Å². The Bertz CT molecular complexity index is 624. The maximum atomic E-state index is 12.1. The number of anilines is 1. The number of methoxy groups -OCH3 is 2. The first kappa shape index (κ1) is 19.7. The van der Waals surface area contributed by atoms with Crippen molar-refractivity contribution >= 4 is 23.7 Å². The average Bonchev–Trinajstić information content (AvgIpc) is 2.67. The van der Waals surface area contributed by atoms with Gasteiger partial charge in [-0.3, -0.25) is 4.90 Å². The Hall–Kier alpha value is -2.65. The van der Waals surface area contributed by atoms with E-state index in [0.29, 0.717) is 26.3 Å². The van der Waals surface area contributed by atoms with Crippen LogP contribution in [-0.4, -0.2) is 76.5 Å². The molecular weight excluding hydrogens is 342 g/mol. The SMILES string of the molecule is COC(=O)c1cc(NC(=O)NCCN2CCOCC2)cc(C(=O)OC)c1. The lowest BCUT2D eigenvalue weighted by Gasteiger charge is -2.26. The first-order chi connectivity index (χ1) is 12.5. The molecule has 1 fully saturated rings. The number of nitrogens with zero attached hydrogens (tertiary/aromatic N) is 1. The van der Waals surface area contributed by atoms with Gasteiger partial charge in [-0.1, -0.05) is 0 Å². The Balaban J connectivity index is 1.96. The summed E-state index contributed by atoms with van der Waals surface area (Å²) in [5.74, 6) is -1.24. The summed E-state index contributed by atoms with van der Waals surface area (Å²) in [6.45, 7) is 4.25. The van der Waals surface area contributed by atoms with Crippen LogP contribution in [0, 0.1) is 0 Å². The van der Waals surface area contributed by atoms with E-state index in [1.54, 1.807) is 0 Å². The molecule has 1 heterocycles. The number of esters is 2. The highest BCUT2D eigenvalue weighted by Gasteiger charge is 2.15. The topological polar surface area (TPSA) is 106 Å². The zero-order valence-corrected chi connectivity index (χ0v) is 14.9. The molecule has 1 aliphatic heterocycles. The lowest BCUT2D eigenvalue weighted by molar-refractivity contribution is 0.0388. The van der Waals surface area contributed by atoms with Gasteiger partial charge in [-0.05, 0) is 18.2 Å². The summed E-state index contributed by atoms with van der Waals surface area (Å²) < 4.78 is 14.6. The number of ether oxygens (including phenoxy) is 3. The Morgan fingerprint density at radius 1 is 1.04 bits per heavy atom. The van der Waals surface area contributed by atoms with Crippen molar-refractivity contribution in [2.75, 3.05) is 58.9 Å². The third-order valence-electron chi connectivity index (χ3n) is 3.85. The molecule has 26 heavy (non-hydrogen) atoms. The predicted molar refractivity (Wildman–Crippen MR) is 93.4 cm³/mol. The van der Waals surface area contributed by atoms with E-state index in [9.17, 15) is 14.4 Å². The van der Waals surface area contributed by atoms with Gasteiger partial charge in [0.05, 0.1) is 38.6 Å². The van der Waals surface area contributed by atoms with E-state index >= 15 is 0 Å². The van der Waals surface area contributed by atoms with Gasteiger partial charge in [-0.15, -0.1) is 0 Å². The third-order valence-corrected chi connectivity index (χ3v) is 3.85. The van der Waals surface area contributed by atoms with Crippen LogP contribution in [0.3, 0.4) is 0 Å². The molecule has 1 aliphatic rings.